The van der Waals surface area contributed by atoms with Crippen molar-refractivity contribution < 1.29 is 27.9 Å². The molecule has 11 heteroatoms. The van der Waals surface area contributed by atoms with Gasteiger partial charge in [-0.05, 0) is 61.6 Å². The number of aryl methyl sites for hydroxylation is 1. The van der Waals surface area contributed by atoms with E-state index in [9.17, 15) is 22.8 Å². The lowest BCUT2D eigenvalue weighted by Crippen LogP contribution is -2.41. The van der Waals surface area contributed by atoms with Crippen molar-refractivity contribution >= 4 is 40.1 Å². The van der Waals surface area contributed by atoms with E-state index in [0.717, 1.165) is 34.3 Å². The number of aliphatic hydroxyl groups is 1. The van der Waals surface area contributed by atoms with Gasteiger partial charge in [0.05, 0.1) is 10.6 Å². The molecule has 4 rings (SSSR count). The molecule has 0 fully saturated rings. The number of hydrogen-bond acceptors (Lipinski definition) is 3. The standard InChI is InChI=1S/C24H24ClF3N4O3/c25-19-6-3-15(12-18(19)24(26,27)28)31-23(35)30-14-4-7-20-17(11-14)16-5-2-13(10-21(16)32-20)22(34)29-8-1-9-33/h2-3,5-6,10,12,14,32-33H,1,4,7-9,11H2,(H,29,34)(H2,30,31,35). The Morgan fingerprint density at radius 1 is 1.17 bits per heavy atom. The third kappa shape index (κ3) is 5.71. The molecule has 35 heavy (non-hydrogen) atoms. The van der Waals surface area contributed by atoms with Gasteiger partial charge in [-0.3, -0.25) is 4.79 Å². The van der Waals surface area contributed by atoms with Gasteiger partial charge in [0, 0.05) is 47.0 Å². The van der Waals surface area contributed by atoms with Gasteiger partial charge in [-0.1, -0.05) is 17.7 Å². The van der Waals surface area contributed by atoms with Gasteiger partial charge in [0.2, 0.25) is 0 Å². The number of amides is 3. The molecular formula is C24H24ClF3N4O3. The fourth-order valence-electron chi connectivity index (χ4n) is 4.25. The molecule has 0 bridgehead atoms. The summed E-state index contributed by atoms with van der Waals surface area (Å²) in [5, 5.41) is 17.4. The molecule has 186 valence electrons. The van der Waals surface area contributed by atoms with Crippen molar-refractivity contribution in [3.05, 3.63) is 63.8 Å². The predicted octanol–water partition coefficient (Wildman–Crippen LogP) is 4.63. The van der Waals surface area contributed by atoms with Gasteiger partial charge >= 0.3 is 12.2 Å². The molecule has 0 radical (unpaired) electrons. The van der Waals surface area contributed by atoms with Crippen LogP contribution < -0.4 is 16.0 Å². The van der Waals surface area contributed by atoms with Gasteiger partial charge in [-0.25, -0.2) is 4.79 Å². The molecule has 3 amide bonds. The van der Waals surface area contributed by atoms with Crippen LogP contribution in [0.2, 0.25) is 5.02 Å². The molecule has 1 unspecified atom stereocenters. The Morgan fingerprint density at radius 2 is 1.97 bits per heavy atom. The number of alkyl halides is 3. The van der Waals surface area contributed by atoms with E-state index in [2.05, 4.69) is 20.9 Å². The number of aromatic nitrogens is 1. The minimum absolute atomic E-state index is 0.00415. The molecule has 1 heterocycles. The second-order valence-corrected chi connectivity index (χ2v) is 8.81. The topological polar surface area (TPSA) is 106 Å². The van der Waals surface area contributed by atoms with E-state index < -0.39 is 22.8 Å². The van der Waals surface area contributed by atoms with Gasteiger partial charge < -0.3 is 26.0 Å². The molecule has 7 nitrogen and oxygen atoms in total. The summed E-state index contributed by atoms with van der Waals surface area (Å²) in [5.74, 6) is -0.222. The van der Waals surface area contributed by atoms with Crippen LogP contribution in [-0.2, 0) is 19.0 Å². The Morgan fingerprint density at radius 3 is 2.71 bits per heavy atom. The first-order valence-electron chi connectivity index (χ1n) is 11.1. The summed E-state index contributed by atoms with van der Waals surface area (Å²) in [6, 6.07) is 7.77. The number of fused-ring (bicyclic) bond motifs is 3. The number of urea groups is 1. The summed E-state index contributed by atoms with van der Waals surface area (Å²) in [7, 11) is 0. The Hall–Kier alpha value is -3.24. The summed E-state index contributed by atoms with van der Waals surface area (Å²) in [4.78, 5) is 28.1. The third-order valence-corrected chi connectivity index (χ3v) is 6.26. The van der Waals surface area contributed by atoms with Crippen LogP contribution in [0.3, 0.4) is 0 Å². The van der Waals surface area contributed by atoms with Crippen LogP contribution in [0.1, 0.15) is 40.0 Å². The SMILES string of the molecule is O=C(Nc1ccc(Cl)c(C(F)(F)F)c1)NC1CCc2[nH]c3cc(C(=O)NCCCO)ccc3c2C1. The molecule has 0 aliphatic heterocycles. The lowest BCUT2D eigenvalue weighted by atomic mass is 9.91. The molecule has 0 saturated heterocycles. The van der Waals surface area contributed by atoms with Crippen molar-refractivity contribution in [2.24, 2.45) is 0 Å². The van der Waals surface area contributed by atoms with Crippen LogP contribution in [0.5, 0.6) is 0 Å². The predicted molar refractivity (Wildman–Crippen MR) is 127 cm³/mol. The third-order valence-electron chi connectivity index (χ3n) is 5.94. The minimum Gasteiger partial charge on any atom is -0.396 e. The van der Waals surface area contributed by atoms with Crippen LogP contribution in [-0.4, -0.2) is 41.2 Å². The lowest BCUT2D eigenvalue weighted by molar-refractivity contribution is -0.137. The second-order valence-electron chi connectivity index (χ2n) is 8.41. The summed E-state index contributed by atoms with van der Waals surface area (Å²) in [6.45, 7) is 0.391. The summed E-state index contributed by atoms with van der Waals surface area (Å²) >= 11 is 5.63. The fourth-order valence-corrected chi connectivity index (χ4v) is 4.47. The molecule has 2 aromatic carbocycles. The Balaban J connectivity index is 1.42. The van der Waals surface area contributed by atoms with Crippen molar-refractivity contribution in [2.45, 2.75) is 37.9 Å². The zero-order valence-corrected chi connectivity index (χ0v) is 19.3. The lowest BCUT2D eigenvalue weighted by Gasteiger charge is -2.24. The van der Waals surface area contributed by atoms with Crippen molar-refractivity contribution in [3.8, 4) is 0 Å². The summed E-state index contributed by atoms with van der Waals surface area (Å²) < 4.78 is 39.2. The Kier molecular flexibility index (Phi) is 7.23. The number of benzene rings is 2. The molecule has 3 aromatic rings. The van der Waals surface area contributed by atoms with Crippen LogP contribution in [0.4, 0.5) is 23.7 Å². The first-order valence-corrected chi connectivity index (χ1v) is 11.5. The van der Waals surface area contributed by atoms with Gasteiger partial charge in [0.25, 0.3) is 5.91 Å². The molecule has 5 N–H and O–H groups in total. The minimum atomic E-state index is -4.62. The summed E-state index contributed by atoms with van der Waals surface area (Å²) in [5.41, 5.74) is 2.37. The van der Waals surface area contributed by atoms with Crippen molar-refractivity contribution in [2.75, 3.05) is 18.5 Å². The maximum atomic E-state index is 13.1. The van der Waals surface area contributed by atoms with E-state index in [1.807, 2.05) is 6.07 Å². The van der Waals surface area contributed by atoms with Gasteiger partial charge in [-0.2, -0.15) is 13.2 Å². The van der Waals surface area contributed by atoms with Crippen molar-refractivity contribution in [3.63, 3.8) is 0 Å². The van der Waals surface area contributed by atoms with Crippen LogP contribution in [0.25, 0.3) is 10.9 Å². The summed E-state index contributed by atoms with van der Waals surface area (Å²) in [6.07, 6.45) is -2.28. The van der Waals surface area contributed by atoms with E-state index in [4.69, 9.17) is 16.7 Å². The van der Waals surface area contributed by atoms with Crippen LogP contribution in [0.15, 0.2) is 36.4 Å². The quantitative estimate of drug-likeness (QED) is 0.313. The maximum Gasteiger partial charge on any atom is 0.417 e. The zero-order chi connectivity index (χ0) is 25.2. The molecule has 1 aliphatic rings. The number of aliphatic hydroxyl groups excluding tert-OH is 1. The van der Waals surface area contributed by atoms with Crippen LogP contribution in [0, 0.1) is 0 Å². The molecule has 1 aromatic heterocycles. The highest BCUT2D eigenvalue weighted by molar-refractivity contribution is 6.31. The number of hydrogen-bond donors (Lipinski definition) is 5. The number of carbonyl (C=O) groups excluding carboxylic acids is 2. The highest BCUT2D eigenvalue weighted by Crippen LogP contribution is 2.36. The highest BCUT2D eigenvalue weighted by atomic mass is 35.5. The first kappa shape index (κ1) is 24.9. The van der Waals surface area contributed by atoms with E-state index in [0.29, 0.717) is 37.8 Å². The van der Waals surface area contributed by atoms with E-state index >= 15 is 0 Å². The number of nitrogens with one attached hydrogen (secondary N) is 4. The number of H-pyrrole nitrogens is 1. The number of anilines is 1. The van der Waals surface area contributed by atoms with Gasteiger partial charge in [-0.15, -0.1) is 0 Å². The average molecular weight is 509 g/mol. The maximum absolute atomic E-state index is 13.1. The molecule has 0 spiro atoms. The Bertz CT molecular complexity index is 1260. The smallest absolute Gasteiger partial charge is 0.396 e. The zero-order valence-electron chi connectivity index (χ0n) is 18.6. The van der Waals surface area contributed by atoms with Gasteiger partial charge in [0.1, 0.15) is 0 Å². The molecule has 1 aliphatic carbocycles. The van der Waals surface area contributed by atoms with E-state index in [1.54, 1.807) is 12.1 Å². The Labute approximate surface area is 204 Å². The number of carbonyl (C=O) groups is 2. The number of aromatic amines is 1. The van der Waals surface area contributed by atoms with E-state index in [-0.39, 0.29) is 24.2 Å². The highest BCUT2D eigenvalue weighted by Gasteiger charge is 2.33. The van der Waals surface area contributed by atoms with Gasteiger partial charge in [0.15, 0.2) is 0 Å². The molecule has 1 atom stereocenters. The second kappa shape index (κ2) is 10.2. The fraction of sp³-hybridized carbons (Fsp3) is 0.333. The monoisotopic (exact) mass is 508 g/mol. The van der Waals surface area contributed by atoms with E-state index in [1.165, 1.54) is 6.07 Å². The normalized spacial score (nSPS) is 15.5. The largest absolute Gasteiger partial charge is 0.417 e. The van der Waals surface area contributed by atoms with Crippen molar-refractivity contribution in [1.82, 2.24) is 15.6 Å². The number of halogens is 4. The average Bonchev–Trinajstić information content (AvgIpc) is 3.16. The number of rotatable bonds is 6. The molecule has 0 saturated carbocycles. The van der Waals surface area contributed by atoms with Crippen LogP contribution >= 0.6 is 11.6 Å². The molecular weight excluding hydrogens is 485 g/mol. The first-order chi connectivity index (χ1) is 16.7. The van der Waals surface area contributed by atoms with Crippen molar-refractivity contribution in [1.29, 1.82) is 0 Å².